The fourth-order valence-corrected chi connectivity index (χ4v) is 2.19. The van der Waals surface area contributed by atoms with Gasteiger partial charge in [-0.15, -0.1) is 0 Å². The summed E-state index contributed by atoms with van der Waals surface area (Å²) in [5.74, 6) is -1.57. The highest BCUT2D eigenvalue weighted by molar-refractivity contribution is 5.74. The number of hydrogen-bond acceptors (Lipinski definition) is 2. The van der Waals surface area contributed by atoms with Gasteiger partial charge in [-0.2, -0.15) is 13.2 Å². The summed E-state index contributed by atoms with van der Waals surface area (Å²) >= 11 is 0. The molecule has 0 aromatic carbocycles. The Morgan fingerprint density at radius 2 is 1.73 bits per heavy atom. The highest BCUT2D eigenvalue weighted by Crippen LogP contribution is 2.50. The third kappa shape index (κ3) is 2.09. The van der Waals surface area contributed by atoms with Gasteiger partial charge in [0.15, 0.2) is 0 Å². The van der Waals surface area contributed by atoms with E-state index in [1.165, 1.54) is 0 Å². The Bertz CT molecular complexity index is 246. The monoisotopic (exact) mass is 225 g/mol. The summed E-state index contributed by atoms with van der Waals surface area (Å²) < 4.78 is 38.6. The molecule has 0 aromatic rings. The molecule has 3 N–H and O–H groups in total. The minimum Gasteiger partial charge on any atom is -0.480 e. The highest BCUT2D eigenvalue weighted by atomic mass is 19.4. The zero-order chi connectivity index (χ0) is 11.7. The maximum absolute atomic E-state index is 12.9. The molecule has 1 fully saturated rings. The molecule has 0 aromatic heterocycles. The van der Waals surface area contributed by atoms with Crippen molar-refractivity contribution in [3.05, 3.63) is 0 Å². The third-order valence-electron chi connectivity index (χ3n) is 3.17. The van der Waals surface area contributed by atoms with E-state index in [1.54, 1.807) is 0 Å². The second-order valence-electron chi connectivity index (χ2n) is 4.03. The van der Waals surface area contributed by atoms with Crippen LogP contribution < -0.4 is 5.73 Å². The zero-order valence-corrected chi connectivity index (χ0v) is 8.18. The van der Waals surface area contributed by atoms with Crippen LogP contribution in [0.4, 0.5) is 13.2 Å². The lowest BCUT2D eigenvalue weighted by Gasteiger charge is -2.41. The fourth-order valence-electron chi connectivity index (χ4n) is 2.19. The number of aliphatic carboxylic acids is 1. The van der Waals surface area contributed by atoms with E-state index in [0.717, 1.165) is 0 Å². The number of hydrogen-bond donors (Lipinski definition) is 2. The van der Waals surface area contributed by atoms with E-state index in [2.05, 4.69) is 0 Å². The highest BCUT2D eigenvalue weighted by Gasteiger charge is 2.60. The predicted molar refractivity (Wildman–Crippen MR) is 47.2 cm³/mol. The largest absolute Gasteiger partial charge is 0.480 e. The molecule has 0 heterocycles. The van der Waals surface area contributed by atoms with Crippen molar-refractivity contribution in [1.29, 1.82) is 0 Å². The van der Waals surface area contributed by atoms with Gasteiger partial charge in [-0.05, 0) is 12.8 Å². The van der Waals surface area contributed by atoms with Crippen molar-refractivity contribution in [3.63, 3.8) is 0 Å². The molecule has 1 saturated carbocycles. The molecule has 0 spiro atoms. The van der Waals surface area contributed by atoms with Gasteiger partial charge in [0, 0.05) is 0 Å². The van der Waals surface area contributed by atoms with E-state index in [1.807, 2.05) is 0 Å². The lowest BCUT2D eigenvalue weighted by molar-refractivity contribution is -0.243. The van der Waals surface area contributed by atoms with Crippen molar-refractivity contribution in [3.8, 4) is 0 Å². The van der Waals surface area contributed by atoms with Gasteiger partial charge in [-0.25, -0.2) is 0 Å². The molecule has 1 rings (SSSR count). The second kappa shape index (κ2) is 4.00. The summed E-state index contributed by atoms with van der Waals surface area (Å²) in [4.78, 5) is 10.6. The van der Waals surface area contributed by atoms with E-state index >= 15 is 0 Å². The molecular weight excluding hydrogens is 211 g/mol. The number of nitrogens with two attached hydrogens (primary N) is 1. The second-order valence-corrected chi connectivity index (χ2v) is 4.03. The molecule has 0 radical (unpaired) electrons. The zero-order valence-electron chi connectivity index (χ0n) is 8.18. The molecule has 88 valence electrons. The Morgan fingerprint density at radius 1 is 1.27 bits per heavy atom. The van der Waals surface area contributed by atoms with Gasteiger partial charge < -0.3 is 10.8 Å². The summed E-state index contributed by atoms with van der Waals surface area (Å²) in [7, 11) is 0. The van der Waals surface area contributed by atoms with Crippen LogP contribution in [0.25, 0.3) is 0 Å². The standard InChI is InChI=1S/C9H14F3NO2/c10-9(11,12)8(6(13)7(14)15)4-2-1-3-5-8/h6H,1-5,13H2,(H,14,15)/t6-/m1/s1. The first-order valence-corrected chi connectivity index (χ1v) is 4.86. The van der Waals surface area contributed by atoms with Crippen molar-refractivity contribution in [2.75, 3.05) is 0 Å². The van der Waals surface area contributed by atoms with Crippen molar-refractivity contribution < 1.29 is 23.1 Å². The third-order valence-corrected chi connectivity index (χ3v) is 3.17. The minimum atomic E-state index is -4.54. The maximum atomic E-state index is 12.9. The van der Waals surface area contributed by atoms with E-state index in [0.29, 0.717) is 19.3 Å². The summed E-state index contributed by atoms with van der Waals surface area (Å²) in [5.41, 5.74) is 2.97. The molecule has 0 aliphatic heterocycles. The van der Waals surface area contributed by atoms with Crippen LogP contribution in [0.3, 0.4) is 0 Å². The molecule has 1 aliphatic carbocycles. The van der Waals surface area contributed by atoms with Crippen molar-refractivity contribution in [2.24, 2.45) is 11.1 Å². The van der Waals surface area contributed by atoms with E-state index < -0.39 is 23.6 Å². The average Bonchev–Trinajstić information content (AvgIpc) is 2.16. The molecule has 6 heteroatoms. The van der Waals surface area contributed by atoms with Crippen LogP contribution >= 0.6 is 0 Å². The molecule has 1 atom stereocenters. The van der Waals surface area contributed by atoms with Crippen molar-refractivity contribution in [2.45, 2.75) is 44.3 Å². The Labute approximate surface area is 85.4 Å². The molecule has 0 unspecified atom stereocenters. The van der Waals surface area contributed by atoms with Crippen molar-refractivity contribution in [1.82, 2.24) is 0 Å². The van der Waals surface area contributed by atoms with E-state index in [9.17, 15) is 18.0 Å². The lowest BCUT2D eigenvalue weighted by Crippen LogP contribution is -2.56. The van der Waals surface area contributed by atoms with Gasteiger partial charge in [0.05, 0.1) is 5.41 Å². The molecule has 0 amide bonds. The van der Waals surface area contributed by atoms with Crippen LogP contribution in [0.15, 0.2) is 0 Å². The van der Waals surface area contributed by atoms with Crippen molar-refractivity contribution >= 4 is 5.97 Å². The van der Waals surface area contributed by atoms with Crippen LogP contribution in [0.1, 0.15) is 32.1 Å². The Morgan fingerprint density at radius 3 is 2.07 bits per heavy atom. The normalized spacial score (nSPS) is 23.5. The molecule has 1 aliphatic rings. The number of rotatable bonds is 2. The molecule has 0 saturated heterocycles. The van der Waals surface area contributed by atoms with Gasteiger partial charge in [0.2, 0.25) is 0 Å². The molecule has 15 heavy (non-hydrogen) atoms. The molecular formula is C9H14F3NO2. The van der Waals surface area contributed by atoms with Crippen LogP contribution in [0, 0.1) is 5.41 Å². The van der Waals surface area contributed by atoms with Crippen LogP contribution in [-0.4, -0.2) is 23.3 Å². The van der Waals surface area contributed by atoms with Gasteiger partial charge in [-0.3, -0.25) is 4.79 Å². The summed E-state index contributed by atoms with van der Waals surface area (Å²) in [6.45, 7) is 0. The number of alkyl halides is 3. The quantitative estimate of drug-likeness (QED) is 0.754. The first-order chi connectivity index (χ1) is 6.81. The topological polar surface area (TPSA) is 63.3 Å². The number of carboxylic acids is 1. The SMILES string of the molecule is N[C@H](C(=O)O)C1(C(F)(F)F)CCCCC1. The van der Waals surface area contributed by atoms with Crippen LogP contribution in [0.5, 0.6) is 0 Å². The fraction of sp³-hybridized carbons (Fsp3) is 0.889. The molecule has 0 bridgehead atoms. The summed E-state index contributed by atoms with van der Waals surface area (Å²) in [6.07, 6.45) is -3.40. The first-order valence-electron chi connectivity index (χ1n) is 4.86. The summed E-state index contributed by atoms with van der Waals surface area (Å²) in [5, 5.41) is 8.64. The maximum Gasteiger partial charge on any atom is 0.396 e. The predicted octanol–water partition coefficient (Wildman–Crippen LogP) is 1.91. The summed E-state index contributed by atoms with van der Waals surface area (Å²) in [6, 6.07) is -1.85. The van der Waals surface area contributed by atoms with Crippen LogP contribution in [-0.2, 0) is 4.79 Å². The van der Waals surface area contributed by atoms with Gasteiger partial charge >= 0.3 is 12.1 Å². The Kier molecular flexibility index (Phi) is 3.28. The van der Waals surface area contributed by atoms with Gasteiger partial charge in [0.25, 0.3) is 0 Å². The van der Waals surface area contributed by atoms with E-state index in [-0.39, 0.29) is 12.8 Å². The van der Waals surface area contributed by atoms with Crippen LogP contribution in [0.2, 0.25) is 0 Å². The lowest BCUT2D eigenvalue weighted by atomic mass is 9.68. The Balaban J connectivity index is 3.00. The van der Waals surface area contributed by atoms with E-state index in [4.69, 9.17) is 10.8 Å². The number of halogens is 3. The van der Waals surface area contributed by atoms with Gasteiger partial charge in [-0.1, -0.05) is 19.3 Å². The smallest absolute Gasteiger partial charge is 0.396 e. The minimum absolute atomic E-state index is 0.177. The number of carbonyl (C=O) groups is 1. The van der Waals surface area contributed by atoms with Gasteiger partial charge in [0.1, 0.15) is 6.04 Å². The first kappa shape index (κ1) is 12.3. The average molecular weight is 225 g/mol. The molecule has 3 nitrogen and oxygen atoms in total. The number of carboxylic acid groups (broad SMARTS) is 1. The Hall–Kier alpha value is -0.780.